The zero-order chi connectivity index (χ0) is 14.2. The minimum Gasteiger partial charge on any atom is -0.388 e. The average molecular weight is 282 g/mol. The molecule has 2 aliphatic heterocycles. The molecular weight excluding hydrogens is 264 g/mol. The molecule has 19 heavy (non-hydrogen) atoms. The predicted octanol–water partition coefficient (Wildman–Crippen LogP) is -4.12. The van der Waals surface area contributed by atoms with E-state index in [-0.39, 0.29) is 13.2 Å². The van der Waals surface area contributed by atoms with Gasteiger partial charge < -0.3 is 44.8 Å². The third kappa shape index (κ3) is 3.05. The van der Waals surface area contributed by atoms with Crippen LogP contribution in [0, 0.1) is 0 Å². The van der Waals surface area contributed by atoms with E-state index in [9.17, 15) is 30.6 Å². The lowest BCUT2D eigenvalue weighted by Crippen LogP contribution is -2.59. The summed E-state index contributed by atoms with van der Waals surface area (Å²) in [4.78, 5) is 0. The minimum absolute atomic E-state index is 0.253. The Labute approximate surface area is 108 Å². The van der Waals surface area contributed by atoms with Gasteiger partial charge in [-0.1, -0.05) is 0 Å². The average Bonchev–Trinajstić information content (AvgIpc) is 2.39. The monoisotopic (exact) mass is 282 g/mol. The van der Waals surface area contributed by atoms with E-state index < -0.39 is 49.2 Å². The Balaban J connectivity index is 1.94. The number of aliphatic hydroxyl groups excluding tert-OH is 6. The fraction of sp³-hybridized carbons (Fsp3) is 1.00. The first kappa shape index (κ1) is 15.0. The molecule has 0 aromatic heterocycles. The molecule has 6 N–H and O–H groups in total. The summed E-state index contributed by atoms with van der Waals surface area (Å²) in [6.45, 7) is -0.506. The summed E-state index contributed by atoms with van der Waals surface area (Å²) in [5, 5.41) is 56.7. The molecule has 0 saturated carbocycles. The van der Waals surface area contributed by atoms with E-state index in [0.717, 1.165) is 0 Å². The van der Waals surface area contributed by atoms with Crippen molar-refractivity contribution in [1.29, 1.82) is 0 Å². The molecule has 0 bridgehead atoms. The molecule has 0 aromatic carbocycles. The van der Waals surface area contributed by atoms with Gasteiger partial charge in [0.15, 0.2) is 12.6 Å². The molecule has 8 atom stereocenters. The molecule has 0 amide bonds. The summed E-state index contributed by atoms with van der Waals surface area (Å²) in [6.07, 6.45) is -11.1. The fourth-order valence-electron chi connectivity index (χ4n) is 1.93. The third-order valence-corrected chi connectivity index (χ3v) is 3.18. The van der Waals surface area contributed by atoms with Crippen LogP contribution in [0.15, 0.2) is 0 Å². The summed E-state index contributed by atoms with van der Waals surface area (Å²) in [7, 11) is 0. The van der Waals surface area contributed by atoms with Crippen molar-refractivity contribution in [3.8, 4) is 0 Å². The first-order valence-electron chi connectivity index (χ1n) is 5.89. The Hall–Kier alpha value is -0.360. The zero-order valence-corrected chi connectivity index (χ0v) is 9.94. The van der Waals surface area contributed by atoms with E-state index in [4.69, 9.17) is 14.2 Å². The largest absolute Gasteiger partial charge is 0.388 e. The lowest BCUT2D eigenvalue weighted by molar-refractivity contribution is -0.350. The standard InChI is InChI=1S/C10H18O9/c11-3-1-17-9(7(15)5(3)13)19-10-8(16)6(14)4(12)2-18-10/h3-16H,1-2H2/t3-,4-,5+,6+,7-,8-,9+,10+/m1/s1. The van der Waals surface area contributed by atoms with Crippen LogP contribution in [-0.4, -0.2) is 93.1 Å². The quantitative estimate of drug-likeness (QED) is 0.297. The van der Waals surface area contributed by atoms with Crippen LogP contribution < -0.4 is 0 Å². The van der Waals surface area contributed by atoms with Gasteiger partial charge in [-0.3, -0.25) is 0 Å². The summed E-state index contributed by atoms with van der Waals surface area (Å²) in [6, 6.07) is 0. The van der Waals surface area contributed by atoms with Gasteiger partial charge in [0.05, 0.1) is 13.2 Å². The van der Waals surface area contributed by atoms with Gasteiger partial charge in [0.25, 0.3) is 0 Å². The van der Waals surface area contributed by atoms with Crippen LogP contribution in [0.2, 0.25) is 0 Å². The molecule has 112 valence electrons. The van der Waals surface area contributed by atoms with E-state index in [0.29, 0.717) is 0 Å². The molecule has 2 heterocycles. The van der Waals surface area contributed by atoms with Gasteiger partial charge in [0.1, 0.15) is 36.6 Å². The second-order valence-electron chi connectivity index (χ2n) is 4.64. The summed E-state index contributed by atoms with van der Waals surface area (Å²) < 4.78 is 15.0. The van der Waals surface area contributed by atoms with E-state index >= 15 is 0 Å². The maximum absolute atomic E-state index is 9.63. The van der Waals surface area contributed by atoms with Crippen LogP contribution in [0.1, 0.15) is 0 Å². The first-order valence-corrected chi connectivity index (χ1v) is 5.89. The number of hydrogen-bond acceptors (Lipinski definition) is 9. The molecule has 0 radical (unpaired) electrons. The highest BCUT2D eigenvalue weighted by Gasteiger charge is 2.44. The Morgan fingerprint density at radius 3 is 1.37 bits per heavy atom. The normalized spacial score (nSPS) is 52.1. The van der Waals surface area contributed by atoms with E-state index in [1.165, 1.54) is 0 Å². The second kappa shape index (κ2) is 5.95. The fourth-order valence-corrected chi connectivity index (χ4v) is 1.93. The van der Waals surface area contributed by atoms with Crippen LogP contribution in [0.5, 0.6) is 0 Å². The Morgan fingerprint density at radius 2 is 1.00 bits per heavy atom. The van der Waals surface area contributed by atoms with Crippen molar-refractivity contribution >= 4 is 0 Å². The van der Waals surface area contributed by atoms with Crippen LogP contribution >= 0.6 is 0 Å². The van der Waals surface area contributed by atoms with Crippen molar-refractivity contribution in [3.05, 3.63) is 0 Å². The van der Waals surface area contributed by atoms with Crippen LogP contribution in [0.25, 0.3) is 0 Å². The number of ether oxygens (including phenoxy) is 3. The highest BCUT2D eigenvalue weighted by molar-refractivity contribution is 4.86. The molecule has 2 aliphatic rings. The zero-order valence-electron chi connectivity index (χ0n) is 9.94. The SMILES string of the molecule is O[C@@H]1[C@@H](O)[C@H](O[C@@H]2OC[C@@H](O)[C@H](O)[C@H]2O)OC[C@H]1O. The third-order valence-electron chi connectivity index (χ3n) is 3.18. The Kier molecular flexibility index (Phi) is 4.71. The molecule has 2 rings (SSSR count). The van der Waals surface area contributed by atoms with Crippen molar-refractivity contribution in [2.24, 2.45) is 0 Å². The van der Waals surface area contributed by atoms with Crippen molar-refractivity contribution in [1.82, 2.24) is 0 Å². The lowest BCUT2D eigenvalue weighted by atomic mass is 10.0. The second-order valence-corrected chi connectivity index (χ2v) is 4.64. The summed E-state index contributed by atoms with van der Waals surface area (Å²) >= 11 is 0. The lowest BCUT2D eigenvalue weighted by Gasteiger charge is -2.40. The van der Waals surface area contributed by atoms with E-state index in [1.54, 1.807) is 0 Å². The topological polar surface area (TPSA) is 149 Å². The maximum atomic E-state index is 9.63. The van der Waals surface area contributed by atoms with Crippen LogP contribution in [-0.2, 0) is 14.2 Å². The minimum atomic E-state index is -1.52. The number of rotatable bonds is 2. The highest BCUT2D eigenvalue weighted by atomic mass is 16.8. The van der Waals surface area contributed by atoms with Gasteiger partial charge in [-0.2, -0.15) is 0 Å². The van der Waals surface area contributed by atoms with Gasteiger partial charge in [0.2, 0.25) is 0 Å². The van der Waals surface area contributed by atoms with Crippen molar-refractivity contribution in [2.75, 3.05) is 13.2 Å². The van der Waals surface area contributed by atoms with Crippen molar-refractivity contribution < 1.29 is 44.8 Å². The Morgan fingerprint density at radius 1 is 0.632 bits per heavy atom. The predicted molar refractivity (Wildman–Crippen MR) is 56.6 cm³/mol. The van der Waals surface area contributed by atoms with Crippen molar-refractivity contribution in [3.63, 3.8) is 0 Å². The number of hydrogen-bond donors (Lipinski definition) is 6. The summed E-state index contributed by atoms with van der Waals surface area (Å²) in [5.41, 5.74) is 0. The molecule has 9 heteroatoms. The van der Waals surface area contributed by atoms with Gasteiger partial charge in [-0.25, -0.2) is 0 Å². The highest BCUT2D eigenvalue weighted by Crippen LogP contribution is 2.23. The number of aliphatic hydroxyl groups is 6. The van der Waals surface area contributed by atoms with Gasteiger partial charge >= 0.3 is 0 Å². The smallest absolute Gasteiger partial charge is 0.189 e. The molecule has 9 nitrogen and oxygen atoms in total. The Bertz CT molecular complexity index is 273. The van der Waals surface area contributed by atoms with Gasteiger partial charge in [-0.15, -0.1) is 0 Å². The van der Waals surface area contributed by atoms with Gasteiger partial charge in [0, 0.05) is 0 Å². The van der Waals surface area contributed by atoms with Crippen LogP contribution in [0.3, 0.4) is 0 Å². The molecule has 2 fully saturated rings. The van der Waals surface area contributed by atoms with Crippen LogP contribution in [0.4, 0.5) is 0 Å². The molecule has 2 saturated heterocycles. The van der Waals surface area contributed by atoms with E-state index in [1.807, 2.05) is 0 Å². The summed E-state index contributed by atoms with van der Waals surface area (Å²) in [5.74, 6) is 0. The van der Waals surface area contributed by atoms with Gasteiger partial charge in [-0.05, 0) is 0 Å². The maximum Gasteiger partial charge on any atom is 0.189 e. The molecule has 0 aliphatic carbocycles. The first-order chi connectivity index (χ1) is 8.91. The molecule has 0 unspecified atom stereocenters. The molecule has 0 aromatic rings. The molecular formula is C10H18O9. The van der Waals surface area contributed by atoms with Crippen molar-refractivity contribution in [2.45, 2.75) is 49.2 Å². The molecule has 0 spiro atoms. The van der Waals surface area contributed by atoms with E-state index in [2.05, 4.69) is 0 Å².